The molecule has 1 amide bonds. The normalized spacial score (nSPS) is 16.3. The molecule has 0 atom stereocenters. The summed E-state index contributed by atoms with van der Waals surface area (Å²) < 4.78 is 11.5. The predicted octanol–water partition coefficient (Wildman–Crippen LogP) is 5.53. The monoisotopic (exact) mass is 418 g/mol. The van der Waals surface area contributed by atoms with Gasteiger partial charge in [-0.05, 0) is 72.8 Å². The maximum Gasteiger partial charge on any atom is 0.264 e. The highest BCUT2D eigenvalue weighted by molar-refractivity contribution is 8.18. The van der Waals surface area contributed by atoms with Crippen molar-refractivity contribution in [2.24, 2.45) is 4.99 Å². The summed E-state index contributed by atoms with van der Waals surface area (Å²) in [6.45, 7) is 5.02. The summed E-state index contributed by atoms with van der Waals surface area (Å²) >= 11 is 1.32. The van der Waals surface area contributed by atoms with Crippen LogP contribution in [0.2, 0.25) is 0 Å². The van der Waals surface area contributed by atoms with Crippen molar-refractivity contribution in [3.05, 3.63) is 71.1 Å². The summed E-state index contributed by atoms with van der Waals surface area (Å²) in [5.41, 5.74) is 1.65. The van der Waals surface area contributed by atoms with E-state index in [1.54, 1.807) is 0 Å². The van der Waals surface area contributed by atoms with Crippen molar-refractivity contribution in [3.8, 4) is 11.5 Å². The minimum atomic E-state index is -0.171. The van der Waals surface area contributed by atoms with E-state index < -0.39 is 0 Å². The van der Waals surface area contributed by atoms with Crippen molar-refractivity contribution < 1.29 is 14.3 Å². The van der Waals surface area contributed by atoms with E-state index in [4.69, 9.17) is 9.47 Å². The molecule has 4 rings (SSSR count). The van der Waals surface area contributed by atoms with E-state index >= 15 is 0 Å². The Hall–Kier alpha value is -3.25. The number of benzene rings is 3. The van der Waals surface area contributed by atoms with Gasteiger partial charge in [-0.3, -0.25) is 4.79 Å². The Morgan fingerprint density at radius 1 is 1.00 bits per heavy atom. The quantitative estimate of drug-likeness (QED) is 0.535. The second-order valence-electron chi connectivity index (χ2n) is 6.54. The zero-order valence-corrected chi connectivity index (χ0v) is 17.7. The van der Waals surface area contributed by atoms with Gasteiger partial charge in [0, 0.05) is 5.56 Å². The fraction of sp³-hybridized carbons (Fsp3) is 0.167. The maximum absolute atomic E-state index is 12.6. The molecule has 1 fully saturated rings. The zero-order valence-electron chi connectivity index (χ0n) is 16.8. The average molecular weight is 419 g/mol. The van der Waals surface area contributed by atoms with Crippen LogP contribution in [0.1, 0.15) is 19.4 Å². The standard InChI is InChI=1S/C24H22N2O3S/c1-3-28-18-12-10-16-11-13-21(29-4-2)20(19(16)14-18)15-22-23(27)26-24(30-22)25-17-8-6-5-7-9-17/h5-15H,3-4H2,1-2H3,(H,25,26,27)/b22-15-. The van der Waals surface area contributed by atoms with Gasteiger partial charge in [0.15, 0.2) is 5.17 Å². The first-order valence-corrected chi connectivity index (χ1v) is 10.7. The van der Waals surface area contributed by atoms with Gasteiger partial charge in [0.2, 0.25) is 0 Å². The number of nitrogens with one attached hydrogen (secondary N) is 1. The smallest absolute Gasteiger partial charge is 0.264 e. The number of hydrogen-bond acceptors (Lipinski definition) is 5. The molecular formula is C24H22N2O3S. The number of nitrogens with zero attached hydrogens (tertiary/aromatic N) is 1. The summed E-state index contributed by atoms with van der Waals surface area (Å²) in [6, 6.07) is 19.5. The Balaban J connectivity index is 1.76. The number of ether oxygens (including phenoxy) is 2. The fourth-order valence-corrected chi connectivity index (χ4v) is 4.04. The van der Waals surface area contributed by atoms with Crippen molar-refractivity contribution in [3.63, 3.8) is 0 Å². The van der Waals surface area contributed by atoms with Gasteiger partial charge in [-0.15, -0.1) is 0 Å². The number of amides is 1. The highest BCUT2D eigenvalue weighted by Crippen LogP contribution is 2.36. The number of fused-ring (bicyclic) bond motifs is 1. The Bertz CT molecular complexity index is 1130. The van der Waals surface area contributed by atoms with E-state index in [0.29, 0.717) is 23.3 Å². The van der Waals surface area contributed by atoms with E-state index in [2.05, 4.69) is 10.3 Å². The molecule has 0 aliphatic carbocycles. The number of aliphatic imine (C=N–C) groups is 1. The molecule has 1 saturated heterocycles. The Kier molecular flexibility index (Phi) is 6.05. The van der Waals surface area contributed by atoms with Crippen LogP contribution in [0.15, 0.2) is 70.6 Å². The fourth-order valence-electron chi connectivity index (χ4n) is 3.22. The lowest BCUT2D eigenvalue weighted by molar-refractivity contribution is -0.115. The average Bonchev–Trinajstić information content (AvgIpc) is 3.09. The molecule has 0 saturated carbocycles. The van der Waals surface area contributed by atoms with Gasteiger partial charge in [0.25, 0.3) is 5.91 Å². The molecule has 3 aromatic carbocycles. The number of carbonyl (C=O) groups is 1. The summed E-state index contributed by atoms with van der Waals surface area (Å²) in [6.07, 6.45) is 1.87. The minimum Gasteiger partial charge on any atom is -0.494 e. The lowest BCUT2D eigenvalue weighted by atomic mass is 10.0. The molecule has 5 nitrogen and oxygen atoms in total. The first-order valence-electron chi connectivity index (χ1n) is 9.85. The number of amidine groups is 1. The van der Waals surface area contributed by atoms with Crippen molar-refractivity contribution in [1.29, 1.82) is 0 Å². The van der Waals surface area contributed by atoms with Gasteiger partial charge in [0.05, 0.1) is 23.8 Å². The first-order chi connectivity index (χ1) is 14.7. The van der Waals surface area contributed by atoms with Crippen LogP contribution in [-0.4, -0.2) is 24.3 Å². The molecule has 30 heavy (non-hydrogen) atoms. The molecule has 1 heterocycles. The molecular weight excluding hydrogens is 396 g/mol. The van der Waals surface area contributed by atoms with Crippen LogP contribution in [0.3, 0.4) is 0 Å². The third-order valence-corrected chi connectivity index (χ3v) is 5.43. The summed E-state index contributed by atoms with van der Waals surface area (Å²) in [5, 5.41) is 5.43. The number of carbonyl (C=O) groups excluding carboxylic acids is 1. The van der Waals surface area contributed by atoms with Crippen LogP contribution in [-0.2, 0) is 4.79 Å². The van der Waals surface area contributed by atoms with E-state index in [1.807, 2.05) is 80.6 Å². The van der Waals surface area contributed by atoms with Gasteiger partial charge in [-0.25, -0.2) is 4.99 Å². The Labute approximate surface area is 179 Å². The lowest BCUT2D eigenvalue weighted by Gasteiger charge is -2.12. The van der Waals surface area contributed by atoms with Crippen LogP contribution >= 0.6 is 11.8 Å². The van der Waals surface area contributed by atoms with E-state index in [1.165, 1.54) is 11.8 Å². The predicted molar refractivity (Wildman–Crippen MR) is 124 cm³/mol. The maximum atomic E-state index is 12.6. The van der Waals surface area contributed by atoms with Crippen molar-refractivity contribution >= 4 is 45.4 Å². The Morgan fingerprint density at radius 2 is 1.77 bits per heavy atom. The molecule has 6 heteroatoms. The third-order valence-electron chi connectivity index (χ3n) is 4.52. The number of hydrogen-bond donors (Lipinski definition) is 1. The Morgan fingerprint density at radius 3 is 2.53 bits per heavy atom. The molecule has 152 valence electrons. The number of para-hydroxylation sites is 1. The molecule has 1 N–H and O–H groups in total. The lowest BCUT2D eigenvalue weighted by Crippen LogP contribution is -2.19. The van der Waals surface area contributed by atoms with Gasteiger partial charge < -0.3 is 14.8 Å². The molecule has 1 aliphatic rings. The third kappa shape index (κ3) is 4.33. The van der Waals surface area contributed by atoms with Crippen LogP contribution < -0.4 is 14.8 Å². The van der Waals surface area contributed by atoms with Gasteiger partial charge in [-0.2, -0.15) is 0 Å². The largest absolute Gasteiger partial charge is 0.494 e. The zero-order chi connectivity index (χ0) is 20.9. The SMILES string of the molecule is CCOc1ccc2ccc(OCC)c(/C=C3\SC(=Nc4ccccc4)NC3=O)c2c1. The van der Waals surface area contributed by atoms with E-state index in [0.717, 1.165) is 33.5 Å². The summed E-state index contributed by atoms with van der Waals surface area (Å²) in [5.74, 6) is 1.34. The van der Waals surface area contributed by atoms with Crippen LogP contribution in [0.4, 0.5) is 5.69 Å². The second-order valence-corrected chi connectivity index (χ2v) is 7.57. The molecule has 1 aliphatic heterocycles. The molecule has 0 aromatic heterocycles. The molecule has 3 aromatic rings. The summed E-state index contributed by atoms with van der Waals surface area (Å²) in [7, 11) is 0. The number of rotatable bonds is 6. The first kappa shape index (κ1) is 20.0. The minimum absolute atomic E-state index is 0.171. The van der Waals surface area contributed by atoms with Crippen molar-refractivity contribution in [2.75, 3.05) is 13.2 Å². The van der Waals surface area contributed by atoms with Crippen LogP contribution in [0.25, 0.3) is 16.8 Å². The van der Waals surface area contributed by atoms with Gasteiger partial charge in [-0.1, -0.05) is 30.3 Å². The molecule has 0 bridgehead atoms. The second kappa shape index (κ2) is 9.05. The highest BCUT2D eigenvalue weighted by atomic mass is 32.2. The van der Waals surface area contributed by atoms with Crippen LogP contribution in [0, 0.1) is 0 Å². The van der Waals surface area contributed by atoms with E-state index in [9.17, 15) is 4.79 Å². The van der Waals surface area contributed by atoms with Crippen molar-refractivity contribution in [1.82, 2.24) is 5.32 Å². The molecule has 0 spiro atoms. The van der Waals surface area contributed by atoms with Crippen molar-refractivity contribution in [2.45, 2.75) is 13.8 Å². The summed E-state index contributed by atoms with van der Waals surface area (Å²) in [4.78, 5) is 17.7. The van der Waals surface area contributed by atoms with E-state index in [-0.39, 0.29) is 5.91 Å². The number of thioether (sulfide) groups is 1. The van der Waals surface area contributed by atoms with Gasteiger partial charge >= 0.3 is 0 Å². The van der Waals surface area contributed by atoms with Crippen LogP contribution in [0.5, 0.6) is 11.5 Å². The van der Waals surface area contributed by atoms with Gasteiger partial charge in [0.1, 0.15) is 11.5 Å². The molecule has 0 radical (unpaired) electrons. The topological polar surface area (TPSA) is 59.9 Å². The molecule has 0 unspecified atom stereocenters. The highest BCUT2D eigenvalue weighted by Gasteiger charge is 2.25.